The molecule has 0 aromatic heterocycles. The summed E-state index contributed by atoms with van der Waals surface area (Å²) < 4.78 is 25.7. The quantitative estimate of drug-likeness (QED) is 0.433. The maximum atomic E-state index is 13.0. The monoisotopic (exact) mass is 548 g/mol. The third-order valence-electron chi connectivity index (χ3n) is 7.10. The van der Waals surface area contributed by atoms with E-state index in [-0.39, 0.29) is 11.8 Å². The van der Waals surface area contributed by atoms with Gasteiger partial charge in [-0.15, -0.1) is 0 Å². The highest BCUT2D eigenvalue weighted by Gasteiger charge is 2.22. The molecule has 1 fully saturated rings. The van der Waals surface area contributed by atoms with E-state index in [1.54, 1.807) is 42.5 Å². The van der Waals surface area contributed by atoms with Gasteiger partial charge in [-0.2, -0.15) is 0 Å². The number of rotatable bonds is 6. The van der Waals surface area contributed by atoms with E-state index in [9.17, 15) is 18.0 Å². The lowest BCUT2D eigenvalue weighted by molar-refractivity contribution is -0.117. The minimum atomic E-state index is -3.47. The van der Waals surface area contributed by atoms with Crippen LogP contribution in [0.25, 0.3) is 11.1 Å². The molecule has 5 rings (SSSR count). The Morgan fingerprint density at radius 1 is 0.923 bits per heavy atom. The minimum Gasteiger partial charge on any atom is -0.353 e. The first-order chi connectivity index (χ1) is 18.6. The van der Waals surface area contributed by atoms with Crippen LogP contribution in [0.1, 0.15) is 10.4 Å². The largest absolute Gasteiger partial charge is 0.353 e. The Labute approximate surface area is 228 Å². The van der Waals surface area contributed by atoms with Gasteiger partial charge in [-0.25, -0.2) is 8.42 Å². The SMILES string of the molecule is CN1CCN(CC(=O)Nc2ccc3c(c2)Nc2cc(-c4ccccc4N(C)S(C)(=O)=O)ccc2C(=O)N3)CC1. The number of hydrogen-bond acceptors (Lipinski definition) is 7. The number of hydrogen-bond donors (Lipinski definition) is 3. The Balaban J connectivity index is 1.41. The average Bonchev–Trinajstić information content (AvgIpc) is 3.04. The molecule has 3 N–H and O–H groups in total. The van der Waals surface area contributed by atoms with Crippen molar-refractivity contribution >= 4 is 50.3 Å². The molecule has 0 atom stereocenters. The van der Waals surface area contributed by atoms with Gasteiger partial charge in [-0.3, -0.25) is 18.8 Å². The normalized spacial score (nSPS) is 15.8. The van der Waals surface area contributed by atoms with Crippen LogP contribution in [0.15, 0.2) is 60.7 Å². The molecule has 3 aromatic rings. The zero-order valence-electron chi connectivity index (χ0n) is 22.2. The second-order valence-electron chi connectivity index (χ2n) is 9.98. The molecule has 0 spiro atoms. The Morgan fingerprint density at radius 3 is 2.41 bits per heavy atom. The van der Waals surface area contributed by atoms with Gasteiger partial charge in [-0.1, -0.05) is 24.3 Å². The molecule has 0 aliphatic carbocycles. The van der Waals surface area contributed by atoms with Crippen molar-refractivity contribution in [2.75, 3.05) is 73.3 Å². The number of piperazine rings is 1. The standard InChI is InChI=1S/C28H32N6O4S/c1-32-12-14-34(15-13-32)18-27(35)29-20-9-11-23-25(17-20)30-24-16-19(8-10-22(24)28(36)31-23)21-6-4-5-7-26(21)33(2)39(3,37)38/h4-11,16-17,30H,12-15,18H2,1-3H3,(H,29,35)(H,31,36). The summed E-state index contributed by atoms with van der Waals surface area (Å²) in [4.78, 5) is 30.1. The number of para-hydroxylation sites is 1. The average molecular weight is 549 g/mol. The van der Waals surface area contributed by atoms with Crippen molar-refractivity contribution in [2.24, 2.45) is 0 Å². The lowest BCUT2D eigenvalue weighted by Crippen LogP contribution is -2.47. The van der Waals surface area contributed by atoms with Crippen molar-refractivity contribution in [3.05, 3.63) is 66.2 Å². The highest BCUT2D eigenvalue weighted by Crippen LogP contribution is 2.38. The van der Waals surface area contributed by atoms with E-state index < -0.39 is 10.0 Å². The summed E-state index contributed by atoms with van der Waals surface area (Å²) in [6, 6.07) is 17.9. The van der Waals surface area contributed by atoms with E-state index in [1.807, 2.05) is 18.2 Å². The fraction of sp³-hybridized carbons (Fsp3) is 0.286. The molecular weight excluding hydrogens is 516 g/mol. The predicted molar refractivity (Wildman–Crippen MR) is 155 cm³/mol. The van der Waals surface area contributed by atoms with Crippen molar-refractivity contribution < 1.29 is 18.0 Å². The van der Waals surface area contributed by atoms with Crippen molar-refractivity contribution in [3.63, 3.8) is 0 Å². The van der Waals surface area contributed by atoms with Crippen LogP contribution in [0.5, 0.6) is 0 Å². The van der Waals surface area contributed by atoms with Crippen molar-refractivity contribution in [2.45, 2.75) is 0 Å². The third kappa shape index (κ3) is 5.90. The summed E-state index contributed by atoms with van der Waals surface area (Å²) in [7, 11) is 0.118. The molecule has 0 radical (unpaired) electrons. The van der Waals surface area contributed by atoms with E-state index in [0.717, 1.165) is 38.0 Å². The summed E-state index contributed by atoms with van der Waals surface area (Å²) in [5, 5.41) is 9.23. The highest BCUT2D eigenvalue weighted by atomic mass is 32.2. The molecule has 204 valence electrons. The molecule has 2 aliphatic rings. The number of nitrogens with one attached hydrogen (secondary N) is 3. The molecule has 0 saturated carbocycles. The first-order valence-electron chi connectivity index (χ1n) is 12.7. The van der Waals surface area contributed by atoms with E-state index >= 15 is 0 Å². The van der Waals surface area contributed by atoms with Gasteiger partial charge >= 0.3 is 0 Å². The molecule has 39 heavy (non-hydrogen) atoms. The minimum absolute atomic E-state index is 0.0912. The molecule has 1 saturated heterocycles. The third-order valence-corrected chi connectivity index (χ3v) is 8.29. The van der Waals surface area contributed by atoms with Gasteiger partial charge in [0.25, 0.3) is 5.91 Å². The number of carbonyl (C=O) groups is 2. The zero-order chi connectivity index (χ0) is 27.7. The van der Waals surface area contributed by atoms with Crippen LogP contribution in [0.2, 0.25) is 0 Å². The number of carbonyl (C=O) groups excluding carboxylic acids is 2. The van der Waals surface area contributed by atoms with Crippen molar-refractivity contribution in [1.29, 1.82) is 0 Å². The number of fused-ring (bicyclic) bond motifs is 2. The van der Waals surface area contributed by atoms with E-state index in [1.165, 1.54) is 11.4 Å². The predicted octanol–water partition coefficient (Wildman–Crippen LogP) is 3.24. The van der Waals surface area contributed by atoms with Gasteiger partial charge in [0.15, 0.2) is 0 Å². The molecule has 10 nitrogen and oxygen atoms in total. The fourth-order valence-corrected chi connectivity index (χ4v) is 5.28. The van der Waals surface area contributed by atoms with Gasteiger partial charge in [0.2, 0.25) is 15.9 Å². The Morgan fingerprint density at radius 2 is 1.67 bits per heavy atom. The van der Waals surface area contributed by atoms with Gasteiger partial charge in [0.05, 0.1) is 41.1 Å². The number of amides is 2. The number of anilines is 5. The number of benzene rings is 3. The number of sulfonamides is 1. The first kappa shape index (κ1) is 26.7. The molecule has 0 bridgehead atoms. The molecule has 2 aliphatic heterocycles. The van der Waals surface area contributed by atoms with Crippen LogP contribution >= 0.6 is 0 Å². The molecule has 3 aromatic carbocycles. The van der Waals surface area contributed by atoms with Crippen LogP contribution in [0.4, 0.5) is 28.4 Å². The van der Waals surface area contributed by atoms with E-state index in [2.05, 4.69) is 32.8 Å². The van der Waals surface area contributed by atoms with Crippen molar-refractivity contribution in [3.8, 4) is 11.1 Å². The second-order valence-corrected chi connectivity index (χ2v) is 12.0. The smallest absolute Gasteiger partial charge is 0.257 e. The fourth-order valence-electron chi connectivity index (χ4n) is 4.76. The first-order valence-corrected chi connectivity index (χ1v) is 14.5. The highest BCUT2D eigenvalue weighted by molar-refractivity contribution is 7.92. The number of likely N-dealkylation sites (N-methyl/N-ethyl adjacent to an activating group) is 1. The Bertz CT molecular complexity index is 1530. The summed E-state index contributed by atoms with van der Waals surface area (Å²) in [6.07, 6.45) is 1.16. The molecular formula is C28H32N6O4S. The van der Waals surface area contributed by atoms with Gasteiger partial charge in [-0.05, 0) is 49.0 Å². The maximum Gasteiger partial charge on any atom is 0.257 e. The van der Waals surface area contributed by atoms with Crippen LogP contribution < -0.4 is 20.3 Å². The zero-order valence-corrected chi connectivity index (χ0v) is 23.0. The van der Waals surface area contributed by atoms with Crippen molar-refractivity contribution in [1.82, 2.24) is 9.80 Å². The van der Waals surface area contributed by atoms with E-state index in [4.69, 9.17) is 0 Å². The van der Waals surface area contributed by atoms with Crippen LogP contribution in [-0.4, -0.2) is 83.1 Å². The molecule has 11 heteroatoms. The maximum absolute atomic E-state index is 13.0. The van der Waals surface area contributed by atoms with E-state index in [0.29, 0.717) is 46.1 Å². The number of nitrogens with zero attached hydrogens (tertiary/aromatic N) is 3. The molecule has 2 amide bonds. The van der Waals surface area contributed by atoms with Crippen LogP contribution in [0, 0.1) is 0 Å². The summed E-state index contributed by atoms with van der Waals surface area (Å²) >= 11 is 0. The summed E-state index contributed by atoms with van der Waals surface area (Å²) in [5.41, 5.74) is 4.86. The summed E-state index contributed by atoms with van der Waals surface area (Å²) in [5.74, 6) is -0.359. The lowest BCUT2D eigenvalue weighted by Gasteiger charge is -2.31. The van der Waals surface area contributed by atoms with Gasteiger partial charge in [0.1, 0.15) is 0 Å². The summed E-state index contributed by atoms with van der Waals surface area (Å²) in [6.45, 7) is 3.90. The van der Waals surface area contributed by atoms with Crippen LogP contribution in [-0.2, 0) is 14.8 Å². The van der Waals surface area contributed by atoms with Gasteiger partial charge in [0, 0.05) is 44.5 Å². The second kappa shape index (κ2) is 10.7. The Kier molecular flexibility index (Phi) is 7.30. The molecule has 2 heterocycles. The van der Waals surface area contributed by atoms with Crippen LogP contribution in [0.3, 0.4) is 0 Å². The Hall–Kier alpha value is -3.93. The lowest BCUT2D eigenvalue weighted by atomic mass is 10.0. The van der Waals surface area contributed by atoms with Gasteiger partial charge < -0.3 is 20.9 Å². The molecule has 0 unspecified atom stereocenters. The topological polar surface area (TPSA) is 114 Å².